The minimum Gasteiger partial charge on any atom is -0.494 e. The third-order valence-electron chi connectivity index (χ3n) is 3.12. The predicted octanol–water partition coefficient (Wildman–Crippen LogP) is 2.84. The van der Waals surface area contributed by atoms with Crippen LogP contribution in [0.4, 0.5) is 5.69 Å². The Morgan fingerprint density at radius 1 is 1.00 bits per heavy atom. The van der Waals surface area contributed by atoms with Gasteiger partial charge in [0.25, 0.3) is 5.91 Å². The van der Waals surface area contributed by atoms with Gasteiger partial charge in [-0.3, -0.25) is 9.59 Å². The van der Waals surface area contributed by atoms with Crippen molar-refractivity contribution in [3.63, 3.8) is 0 Å². The van der Waals surface area contributed by atoms with Crippen LogP contribution < -0.4 is 15.4 Å². The van der Waals surface area contributed by atoms with E-state index < -0.39 is 0 Å². The molecule has 0 aliphatic heterocycles. The van der Waals surface area contributed by atoms with E-state index in [4.69, 9.17) is 4.74 Å². The molecule has 5 heteroatoms. The van der Waals surface area contributed by atoms with Gasteiger partial charge in [0.05, 0.1) is 6.61 Å². The maximum atomic E-state index is 11.8. The minimum atomic E-state index is -0.181. The van der Waals surface area contributed by atoms with E-state index in [0.717, 1.165) is 5.75 Å². The molecule has 0 unspecified atom stereocenters. The maximum Gasteiger partial charge on any atom is 0.251 e. The molecule has 0 atom stereocenters. The number of nitrogens with one attached hydrogen (secondary N) is 2. The molecule has 2 aromatic carbocycles. The Morgan fingerprint density at radius 3 is 2.35 bits per heavy atom. The first-order chi connectivity index (χ1) is 11.2. The lowest BCUT2D eigenvalue weighted by molar-refractivity contribution is -0.116. The molecule has 0 saturated carbocycles. The lowest BCUT2D eigenvalue weighted by Crippen LogP contribution is -2.27. The summed E-state index contributed by atoms with van der Waals surface area (Å²) in [4.78, 5) is 23.7. The SMILES string of the molecule is CCOc1ccc(NC(=O)CCNC(=O)c2ccccc2)cc1. The number of rotatable bonds is 7. The van der Waals surface area contributed by atoms with Gasteiger partial charge in [-0.15, -0.1) is 0 Å². The largest absolute Gasteiger partial charge is 0.494 e. The van der Waals surface area contributed by atoms with Crippen LogP contribution in [0, 0.1) is 0 Å². The van der Waals surface area contributed by atoms with Crippen molar-refractivity contribution in [1.82, 2.24) is 5.32 Å². The first-order valence-corrected chi connectivity index (χ1v) is 7.55. The van der Waals surface area contributed by atoms with E-state index >= 15 is 0 Å². The van der Waals surface area contributed by atoms with Crippen LogP contribution in [-0.4, -0.2) is 25.0 Å². The molecule has 0 fully saturated rings. The van der Waals surface area contributed by atoms with Crippen LogP contribution in [0.2, 0.25) is 0 Å². The summed E-state index contributed by atoms with van der Waals surface area (Å²) >= 11 is 0. The Balaban J connectivity index is 1.73. The van der Waals surface area contributed by atoms with Crippen molar-refractivity contribution in [3.8, 4) is 5.75 Å². The molecule has 0 aromatic heterocycles. The number of anilines is 1. The number of carbonyl (C=O) groups is 2. The normalized spacial score (nSPS) is 9.96. The van der Waals surface area contributed by atoms with Gasteiger partial charge in [-0.2, -0.15) is 0 Å². The summed E-state index contributed by atoms with van der Waals surface area (Å²) in [6.07, 6.45) is 0.214. The molecule has 2 amide bonds. The Kier molecular flexibility index (Phi) is 6.17. The highest BCUT2D eigenvalue weighted by Crippen LogP contribution is 2.15. The van der Waals surface area contributed by atoms with E-state index in [9.17, 15) is 9.59 Å². The van der Waals surface area contributed by atoms with E-state index in [0.29, 0.717) is 17.9 Å². The zero-order valence-corrected chi connectivity index (χ0v) is 13.0. The van der Waals surface area contributed by atoms with Crippen molar-refractivity contribution in [3.05, 3.63) is 60.2 Å². The van der Waals surface area contributed by atoms with Crippen LogP contribution in [0.25, 0.3) is 0 Å². The summed E-state index contributed by atoms with van der Waals surface area (Å²) < 4.78 is 5.34. The molecule has 0 spiro atoms. The molecule has 0 radical (unpaired) electrons. The van der Waals surface area contributed by atoms with Crippen molar-refractivity contribution in [1.29, 1.82) is 0 Å². The maximum absolute atomic E-state index is 11.8. The average molecular weight is 312 g/mol. The van der Waals surface area contributed by atoms with Gasteiger partial charge in [-0.1, -0.05) is 18.2 Å². The molecule has 23 heavy (non-hydrogen) atoms. The number of hydrogen-bond donors (Lipinski definition) is 2. The molecular weight excluding hydrogens is 292 g/mol. The molecule has 0 bridgehead atoms. The summed E-state index contributed by atoms with van der Waals surface area (Å²) in [6.45, 7) is 2.81. The lowest BCUT2D eigenvalue weighted by Gasteiger charge is -2.08. The van der Waals surface area contributed by atoms with Crippen LogP contribution in [0.5, 0.6) is 5.75 Å². The van der Waals surface area contributed by atoms with Crippen molar-refractivity contribution < 1.29 is 14.3 Å². The van der Waals surface area contributed by atoms with Gasteiger partial charge >= 0.3 is 0 Å². The highest BCUT2D eigenvalue weighted by atomic mass is 16.5. The van der Waals surface area contributed by atoms with E-state index in [1.807, 2.05) is 13.0 Å². The van der Waals surface area contributed by atoms with Gasteiger partial charge < -0.3 is 15.4 Å². The van der Waals surface area contributed by atoms with Crippen molar-refractivity contribution in [2.75, 3.05) is 18.5 Å². The van der Waals surface area contributed by atoms with Gasteiger partial charge in [-0.25, -0.2) is 0 Å². The van der Waals surface area contributed by atoms with Gasteiger partial charge in [0.1, 0.15) is 5.75 Å². The van der Waals surface area contributed by atoms with Gasteiger partial charge in [0.15, 0.2) is 0 Å². The van der Waals surface area contributed by atoms with E-state index in [1.165, 1.54) is 0 Å². The second kappa shape index (κ2) is 8.58. The summed E-state index contributed by atoms with van der Waals surface area (Å²) in [5.74, 6) is 0.433. The highest BCUT2D eigenvalue weighted by Gasteiger charge is 2.06. The van der Waals surface area contributed by atoms with Gasteiger partial charge in [0.2, 0.25) is 5.91 Å². The number of hydrogen-bond acceptors (Lipinski definition) is 3. The molecule has 0 aliphatic rings. The molecule has 2 rings (SSSR count). The zero-order valence-electron chi connectivity index (χ0n) is 13.0. The van der Waals surface area contributed by atoms with E-state index in [1.54, 1.807) is 48.5 Å². The summed E-state index contributed by atoms with van der Waals surface area (Å²) in [5, 5.41) is 5.50. The zero-order chi connectivity index (χ0) is 16.5. The van der Waals surface area contributed by atoms with Gasteiger partial charge in [-0.05, 0) is 43.3 Å². The fourth-order valence-corrected chi connectivity index (χ4v) is 2.01. The predicted molar refractivity (Wildman–Crippen MR) is 89.6 cm³/mol. The number of amides is 2. The quantitative estimate of drug-likeness (QED) is 0.826. The molecule has 0 saturated heterocycles. The summed E-state index contributed by atoms with van der Waals surface area (Å²) in [6, 6.07) is 16.1. The fourth-order valence-electron chi connectivity index (χ4n) is 2.01. The topological polar surface area (TPSA) is 67.4 Å². The molecule has 2 N–H and O–H groups in total. The monoisotopic (exact) mass is 312 g/mol. The first-order valence-electron chi connectivity index (χ1n) is 7.55. The molecule has 0 aliphatic carbocycles. The Bertz CT molecular complexity index is 639. The highest BCUT2D eigenvalue weighted by molar-refractivity contribution is 5.95. The lowest BCUT2D eigenvalue weighted by atomic mass is 10.2. The molecule has 5 nitrogen and oxygen atoms in total. The fraction of sp³-hybridized carbons (Fsp3) is 0.222. The van der Waals surface area contributed by atoms with Crippen LogP contribution in [-0.2, 0) is 4.79 Å². The molecule has 2 aromatic rings. The summed E-state index contributed by atoms with van der Waals surface area (Å²) in [7, 11) is 0. The smallest absolute Gasteiger partial charge is 0.251 e. The molecular formula is C18H20N2O3. The second-order valence-electron chi connectivity index (χ2n) is 4.88. The van der Waals surface area contributed by atoms with E-state index in [2.05, 4.69) is 10.6 Å². The van der Waals surface area contributed by atoms with Crippen molar-refractivity contribution in [2.24, 2.45) is 0 Å². The standard InChI is InChI=1S/C18H20N2O3/c1-2-23-16-10-8-15(9-11-16)20-17(21)12-13-19-18(22)14-6-4-3-5-7-14/h3-11H,2,12-13H2,1H3,(H,19,22)(H,20,21). The van der Waals surface area contributed by atoms with Gasteiger partial charge in [0, 0.05) is 24.2 Å². The second-order valence-corrected chi connectivity index (χ2v) is 4.88. The van der Waals surface area contributed by atoms with Crippen molar-refractivity contribution in [2.45, 2.75) is 13.3 Å². The number of ether oxygens (including phenoxy) is 1. The number of benzene rings is 2. The Labute approximate surface area is 135 Å². The minimum absolute atomic E-state index is 0.150. The Morgan fingerprint density at radius 2 is 1.70 bits per heavy atom. The molecule has 0 heterocycles. The third kappa shape index (κ3) is 5.47. The van der Waals surface area contributed by atoms with Crippen LogP contribution in [0.15, 0.2) is 54.6 Å². The first kappa shape index (κ1) is 16.5. The molecule has 120 valence electrons. The number of carbonyl (C=O) groups excluding carboxylic acids is 2. The van der Waals surface area contributed by atoms with Crippen LogP contribution in [0.3, 0.4) is 0 Å². The van der Waals surface area contributed by atoms with Crippen LogP contribution >= 0.6 is 0 Å². The third-order valence-corrected chi connectivity index (χ3v) is 3.12. The van der Waals surface area contributed by atoms with Crippen molar-refractivity contribution >= 4 is 17.5 Å². The average Bonchev–Trinajstić information content (AvgIpc) is 2.57. The van der Waals surface area contributed by atoms with E-state index in [-0.39, 0.29) is 24.8 Å². The van der Waals surface area contributed by atoms with Crippen LogP contribution in [0.1, 0.15) is 23.7 Å². The summed E-state index contributed by atoms with van der Waals surface area (Å²) in [5.41, 5.74) is 1.28. The Hall–Kier alpha value is -2.82.